The van der Waals surface area contributed by atoms with Crippen LogP contribution in [-0.2, 0) is 16.9 Å². The van der Waals surface area contributed by atoms with Gasteiger partial charge >= 0.3 is 0 Å². The molecule has 0 saturated carbocycles. The van der Waals surface area contributed by atoms with Crippen molar-refractivity contribution < 1.29 is 14.6 Å². The van der Waals surface area contributed by atoms with E-state index >= 15 is 0 Å². The molecule has 4 aromatic heterocycles. The van der Waals surface area contributed by atoms with Crippen LogP contribution in [0.3, 0.4) is 0 Å². The van der Waals surface area contributed by atoms with E-state index in [1.165, 1.54) is 0 Å². The molecule has 0 aromatic carbocycles. The smallest absolute Gasteiger partial charge is 0.270 e. The number of anilines is 1. The number of nitrogens with zero attached hydrogens (tertiary/aromatic N) is 5. The monoisotopic (exact) mass is 526 g/mol. The van der Waals surface area contributed by atoms with Crippen molar-refractivity contribution in [3.63, 3.8) is 0 Å². The number of hydrogen-bond donors (Lipinski definition) is 2. The zero-order chi connectivity index (χ0) is 27.7. The minimum Gasteiger partial charge on any atom is -0.386 e. The molecule has 2 N–H and O–H groups in total. The third-order valence-corrected chi connectivity index (χ3v) is 6.80. The summed E-state index contributed by atoms with van der Waals surface area (Å²) in [4.78, 5) is 33.5. The zero-order valence-corrected chi connectivity index (χ0v) is 23.0. The molecule has 1 amide bonds. The number of amides is 1. The minimum absolute atomic E-state index is 0.148. The average molecular weight is 527 g/mol. The van der Waals surface area contributed by atoms with Gasteiger partial charge in [-0.05, 0) is 82.1 Å². The second kappa shape index (κ2) is 10.7. The topological polar surface area (TPSA) is 113 Å². The fourth-order valence-corrected chi connectivity index (χ4v) is 4.97. The van der Waals surface area contributed by atoms with Gasteiger partial charge < -0.3 is 20.1 Å². The molecule has 202 valence electrons. The van der Waals surface area contributed by atoms with Crippen molar-refractivity contribution in [2.45, 2.75) is 59.0 Å². The van der Waals surface area contributed by atoms with Crippen molar-refractivity contribution in [1.82, 2.24) is 25.3 Å². The minimum atomic E-state index is -1.07. The highest BCUT2D eigenvalue weighted by atomic mass is 16.5. The Balaban J connectivity index is 1.33. The first-order valence-corrected chi connectivity index (χ1v) is 13.2. The third kappa shape index (κ3) is 6.05. The molecule has 9 heteroatoms. The summed E-state index contributed by atoms with van der Waals surface area (Å²) in [5.41, 5.74) is 3.67. The van der Waals surface area contributed by atoms with Gasteiger partial charge in [-0.25, -0.2) is 9.97 Å². The maximum atomic E-state index is 12.8. The Bertz CT molecular complexity index is 1510. The molecule has 2 atom stereocenters. The highest BCUT2D eigenvalue weighted by Gasteiger charge is 2.24. The Labute approximate surface area is 228 Å². The molecule has 0 bridgehead atoms. The quantitative estimate of drug-likeness (QED) is 0.385. The Morgan fingerprint density at radius 1 is 1.05 bits per heavy atom. The second-order valence-corrected chi connectivity index (χ2v) is 10.7. The highest BCUT2D eigenvalue weighted by molar-refractivity contribution is 5.92. The van der Waals surface area contributed by atoms with Crippen LogP contribution >= 0.6 is 0 Å². The van der Waals surface area contributed by atoms with Gasteiger partial charge in [-0.1, -0.05) is 6.07 Å². The first-order chi connectivity index (χ1) is 18.6. The van der Waals surface area contributed by atoms with Gasteiger partial charge in [-0.2, -0.15) is 0 Å². The van der Waals surface area contributed by atoms with Crippen LogP contribution in [0.2, 0.25) is 0 Å². The van der Waals surface area contributed by atoms with Gasteiger partial charge in [0.2, 0.25) is 0 Å². The molecule has 5 heterocycles. The first kappa shape index (κ1) is 26.6. The van der Waals surface area contributed by atoms with E-state index in [4.69, 9.17) is 14.7 Å². The van der Waals surface area contributed by atoms with E-state index in [0.717, 1.165) is 46.8 Å². The van der Waals surface area contributed by atoms with Gasteiger partial charge in [0.25, 0.3) is 5.91 Å². The van der Waals surface area contributed by atoms with Gasteiger partial charge in [0.15, 0.2) is 0 Å². The SMILES string of the molecule is Cc1cnc(C(=O)NCc2cc3nc(-c4cccc(N5C[C@@H](C)O[C@@H](C)C5)n4)ccc3cn2)cc1C(C)(C)O. The predicted octanol–water partition coefficient (Wildman–Crippen LogP) is 4.17. The summed E-state index contributed by atoms with van der Waals surface area (Å²) < 4.78 is 5.87. The largest absolute Gasteiger partial charge is 0.386 e. The first-order valence-electron chi connectivity index (χ1n) is 13.2. The van der Waals surface area contributed by atoms with E-state index in [1.54, 1.807) is 32.3 Å². The fourth-order valence-electron chi connectivity index (χ4n) is 4.97. The lowest BCUT2D eigenvalue weighted by Crippen LogP contribution is -2.45. The summed E-state index contributed by atoms with van der Waals surface area (Å²) in [5, 5.41) is 14.2. The maximum absolute atomic E-state index is 12.8. The summed E-state index contributed by atoms with van der Waals surface area (Å²) in [6.45, 7) is 11.2. The van der Waals surface area contributed by atoms with E-state index in [-0.39, 0.29) is 30.4 Å². The molecule has 0 aliphatic carbocycles. The number of carbonyl (C=O) groups is 1. The number of aliphatic hydroxyl groups is 1. The molecule has 0 unspecified atom stereocenters. The van der Waals surface area contributed by atoms with Crippen molar-refractivity contribution in [3.05, 3.63) is 77.4 Å². The number of nitrogens with one attached hydrogen (secondary N) is 1. The van der Waals surface area contributed by atoms with Gasteiger partial charge in [0.05, 0.1) is 47.0 Å². The Kier molecular flexibility index (Phi) is 7.29. The molecule has 1 saturated heterocycles. The fraction of sp³-hybridized carbons (Fsp3) is 0.367. The molecule has 0 radical (unpaired) electrons. The molecule has 1 fully saturated rings. The van der Waals surface area contributed by atoms with Crippen LogP contribution in [0.1, 0.15) is 55.0 Å². The van der Waals surface area contributed by atoms with Crippen molar-refractivity contribution in [1.29, 1.82) is 0 Å². The number of aryl methyl sites for hydroxylation is 1. The normalized spacial score (nSPS) is 17.8. The Morgan fingerprint density at radius 3 is 2.54 bits per heavy atom. The van der Waals surface area contributed by atoms with Gasteiger partial charge in [0, 0.05) is 30.9 Å². The molecule has 39 heavy (non-hydrogen) atoms. The van der Waals surface area contributed by atoms with Crippen LogP contribution in [0.5, 0.6) is 0 Å². The van der Waals surface area contributed by atoms with E-state index < -0.39 is 5.60 Å². The zero-order valence-electron chi connectivity index (χ0n) is 23.0. The summed E-state index contributed by atoms with van der Waals surface area (Å²) in [6.07, 6.45) is 3.65. The summed E-state index contributed by atoms with van der Waals surface area (Å²) in [6, 6.07) is 13.4. The predicted molar refractivity (Wildman–Crippen MR) is 150 cm³/mol. The molecule has 5 rings (SSSR count). The van der Waals surface area contributed by atoms with Crippen LogP contribution in [0.25, 0.3) is 22.3 Å². The highest BCUT2D eigenvalue weighted by Crippen LogP contribution is 2.25. The lowest BCUT2D eigenvalue weighted by molar-refractivity contribution is -0.00545. The van der Waals surface area contributed by atoms with Crippen LogP contribution in [0.15, 0.2) is 54.9 Å². The number of hydrogen-bond acceptors (Lipinski definition) is 8. The van der Waals surface area contributed by atoms with Crippen molar-refractivity contribution in [2.75, 3.05) is 18.0 Å². The Hall–Kier alpha value is -3.95. The van der Waals surface area contributed by atoms with E-state index in [0.29, 0.717) is 11.3 Å². The van der Waals surface area contributed by atoms with E-state index in [1.807, 2.05) is 43.3 Å². The number of aromatic nitrogens is 4. The standard InChI is InChI=1S/C30H34N6O3/c1-18-13-32-27(12-23(18)30(4,5)38)29(37)33-15-22-11-26-21(14-31-22)9-10-25(34-26)24-7-6-8-28(35-24)36-16-19(2)39-20(3)17-36/h6-14,19-20,38H,15-17H2,1-5H3,(H,33,37)/t19-,20+. The molecule has 1 aliphatic rings. The number of pyridine rings is 4. The summed E-state index contributed by atoms with van der Waals surface area (Å²) in [5.74, 6) is 0.573. The van der Waals surface area contributed by atoms with Gasteiger partial charge in [-0.15, -0.1) is 0 Å². The average Bonchev–Trinajstić information content (AvgIpc) is 2.90. The lowest BCUT2D eigenvalue weighted by atomic mass is 9.94. The van der Waals surface area contributed by atoms with Crippen LogP contribution in [0.4, 0.5) is 5.82 Å². The molecule has 1 aliphatic heterocycles. The summed E-state index contributed by atoms with van der Waals surface area (Å²) >= 11 is 0. The summed E-state index contributed by atoms with van der Waals surface area (Å²) in [7, 11) is 0. The number of morpholine rings is 1. The van der Waals surface area contributed by atoms with E-state index in [2.05, 4.69) is 34.0 Å². The third-order valence-electron chi connectivity index (χ3n) is 6.80. The number of ether oxygens (including phenoxy) is 1. The van der Waals surface area contributed by atoms with Crippen molar-refractivity contribution in [2.24, 2.45) is 0 Å². The Morgan fingerprint density at radius 2 is 1.79 bits per heavy atom. The number of carbonyl (C=O) groups excluding carboxylic acids is 1. The second-order valence-electron chi connectivity index (χ2n) is 10.7. The van der Waals surface area contributed by atoms with E-state index in [9.17, 15) is 9.90 Å². The molecule has 4 aromatic rings. The molecular weight excluding hydrogens is 492 g/mol. The van der Waals surface area contributed by atoms with Crippen LogP contribution in [0, 0.1) is 6.92 Å². The molecule has 0 spiro atoms. The number of fused-ring (bicyclic) bond motifs is 1. The van der Waals surface area contributed by atoms with Crippen molar-refractivity contribution in [3.8, 4) is 11.4 Å². The molecule has 9 nitrogen and oxygen atoms in total. The van der Waals surface area contributed by atoms with Gasteiger partial charge in [-0.3, -0.25) is 14.8 Å². The lowest BCUT2D eigenvalue weighted by Gasteiger charge is -2.36. The maximum Gasteiger partial charge on any atom is 0.270 e. The number of rotatable bonds is 6. The van der Waals surface area contributed by atoms with Crippen LogP contribution < -0.4 is 10.2 Å². The van der Waals surface area contributed by atoms with Crippen LogP contribution in [-0.4, -0.2) is 56.2 Å². The molecular formula is C30H34N6O3. The van der Waals surface area contributed by atoms with Crippen molar-refractivity contribution >= 4 is 22.6 Å². The van der Waals surface area contributed by atoms with Gasteiger partial charge in [0.1, 0.15) is 11.5 Å².